The van der Waals surface area contributed by atoms with Gasteiger partial charge in [0.15, 0.2) is 5.96 Å². The normalized spacial score (nSPS) is 19.0. The Labute approximate surface area is 162 Å². The standard InChI is InChI=1S/C17H30N4S.HI/c1-4-18-17(20-12-16-8-6-10-22-16)19-11-15-7-5-9-21(15)13-14(2)3;/h6,8,10,14-15H,4-5,7,9,11-13H2,1-3H3,(H2,18,19,20);1H/t15-;/m1./s1. The van der Waals surface area contributed by atoms with E-state index in [1.807, 2.05) is 0 Å². The number of hydrogen-bond donors (Lipinski definition) is 2. The molecular formula is C17H31IN4S. The zero-order valence-corrected chi connectivity index (χ0v) is 17.7. The van der Waals surface area contributed by atoms with Crippen LogP contribution in [0.15, 0.2) is 22.5 Å². The van der Waals surface area contributed by atoms with Crippen LogP contribution in [0.25, 0.3) is 0 Å². The van der Waals surface area contributed by atoms with Crippen LogP contribution in [-0.4, -0.2) is 43.1 Å². The number of rotatable bonds is 7. The fraction of sp³-hybridized carbons (Fsp3) is 0.706. The lowest BCUT2D eigenvalue weighted by molar-refractivity contribution is 0.226. The van der Waals surface area contributed by atoms with Crippen LogP contribution >= 0.6 is 35.3 Å². The van der Waals surface area contributed by atoms with E-state index in [0.717, 1.165) is 31.5 Å². The number of aliphatic imine (C=N–C) groups is 1. The van der Waals surface area contributed by atoms with Gasteiger partial charge in [0.25, 0.3) is 0 Å². The molecule has 1 fully saturated rings. The summed E-state index contributed by atoms with van der Waals surface area (Å²) >= 11 is 1.76. The minimum atomic E-state index is 0. The number of guanidine groups is 1. The Kier molecular flexibility index (Phi) is 10.1. The second kappa shape index (κ2) is 11.3. The molecule has 132 valence electrons. The molecular weight excluding hydrogens is 419 g/mol. The van der Waals surface area contributed by atoms with Crippen molar-refractivity contribution in [3.05, 3.63) is 22.4 Å². The van der Waals surface area contributed by atoms with Crippen molar-refractivity contribution >= 4 is 41.3 Å². The van der Waals surface area contributed by atoms with Crippen LogP contribution in [0.4, 0.5) is 0 Å². The summed E-state index contributed by atoms with van der Waals surface area (Å²) in [7, 11) is 0. The van der Waals surface area contributed by atoms with Gasteiger partial charge in [0.1, 0.15) is 0 Å². The molecule has 2 N–H and O–H groups in total. The maximum atomic E-state index is 4.69. The van der Waals surface area contributed by atoms with Crippen LogP contribution in [0.3, 0.4) is 0 Å². The molecule has 0 amide bonds. The van der Waals surface area contributed by atoms with E-state index in [4.69, 9.17) is 0 Å². The molecule has 0 aromatic carbocycles. The number of hydrogen-bond acceptors (Lipinski definition) is 3. The molecule has 1 aromatic heterocycles. The van der Waals surface area contributed by atoms with Crippen molar-refractivity contribution in [2.24, 2.45) is 10.9 Å². The summed E-state index contributed by atoms with van der Waals surface area (Å²) in [6.07, 6.45) is 2.62. The fourth-order valence-electron chi connectivity index (χ4n) is 2.95. The summed E-state index contributed by atoms with van der Waals surface area (Å²) in [5.41, 5.74) is 0. The van der Waals surface area contributed by atoms with Gasteiger partial charge in [-0.2, -0.15) is 0 Å². The molecule has 0 bridgehead atoms. The summed E-state index contributed by atoms with van der Waals surface area (Å²) < 4.78 is 0. The molecule has 1 aromatic rings. The number of nitrogens with zero attached hydrogens (tertiary/aromatic N) is 2. The second-order valence-corrected chi connectivity index (χ2v) is 7.37. The van der Waals surface area contributed by atoms with E-state index in [1.54, 1.807) is 11.3 Å². The van der Waals surface area contributed by atoms with E-state index in [-0.39, 0.29) is 24.0 Å². The molecule has 2 rings (SSSR count). The van der Waals surface area contributed by atoms with E-state index in [0.29, 0.717) is 6.04 Å². The highest BCUT2D eigenvalue weighted by molar-refractivity contribution is 14.0. The van der Waals surface area contributed by atoms with Crippen molar-refractivity contribution in [2.45, 2.75) is 46.2 Å². The molecule has 0 aliphatic carbocycles. The Hall–Kier alpha value is -0.340. The highest BCUT2D eigenvalue weighted by Crippen LogP contribution is 2.18. The molecule has 4 nitrogen and oxygen atoms in total. The van der Waals surface area contributed by atoms with Gasteiger partial charge in [-0.25, -0.2) is 4.99 Å². The van der Waals surface area contributed by atoms with Crippen LogP contribution in [0, 0.1) is 5.92 Å². The third-order valence-electron chi connectivity index (χ3n) is 3.92. The van der Waals surface area contributed by atoms with E-state index >= 15 is 0 Å². The molecule has 1 saturated heterocycles. The summed E-state index contributed by atoms with van der Waals surface area (Å²) in [4.78, 5) is 8.62. The molecule has 0 radical (unpaired) electrons. The molecule has 0 unspecified atom stereocenters. The predicted molar refractivity (Wildman–Crippen MR) is 112 cm³/mol. The zero-order chi connectivity index (χ0) is 15.8. The van der Waals surface area contributed by atoms with Gasteiger partial charge in [-0.15, -0.1) is 35.3 Å². The number of halogens is 1. The fourth-order valence-corrected chi connectivity index (χ4v) is 3.58. The Morgan fingerprint density at radius 3 is 2.91 bits per heavy atom. The van der Waals surface area contributed by atoms with Crippen LogP contribution in [0.2, 0.25) is 0 Å². The average molecular weight is 450 g/mol. The van der Waals surface area contributed by atoms with Gasteiger partial charge in [0, 0.05) is 30.6 Å². The molecule has 0 spiro atoms. The van der Waals surface area contributed by atoms with Crippen LogP contribution in [0.1, 0.15) is 38.5 Å². The van der Waals surface area contributed by atoms with Crippen molar-refractivity contribution in [1.29, 1.82) is 0 Å². The molecule has 6 heteroatoms. The van der Waals surface area contributed by atoms with Crippen LogP contribution in [0.5, 0.6) is 0 Å². The molecule has 1 aliphatic heterocycles. The summed E-state index contributed by atoms with van der Waals surface area (Å²) in [6, 6.07) is 4.87. The van der Waals surface area contributed by atoms with Crippen molar-refractivity contribution < 1.29 is 0 Å². The highest BCUT2D eigenvalue weighted by atomic mass is 127. The van der Waals surface area contributed by atoms with Gasteiger partial charge in [0.2, 0.25) is 0 Å². The molecule has 0 saturated carbocycles. The third kappa shape index (κ3) is 7.39. The van der Waals surface area contributed by atoms with Crippen molar-refractivity contribution in [2.75, 3.05) is 26.2 Å². The lowest BCUT2D eigenvalue weighted by Crippen LogP contribution is -2.45. The maximum Gasteiger partial charge on any atom is 0.191 e. The minimum Gasteiger partial charge on any atom is -0.357 e. The van der Waals surface area contributed by atoms with Crippen molar-refractivity contribution in [3.8, 4) is 0 Å². The highest BCUT2D eigenvalue weighted by Gasteiger charge is 2.24. The van der Waals surface area contributed by atoms with E-state index in [2.05, 4.69) is 58.8 Å². The van der Waals surface area contributed by atoms with Crippen LogP contribution in [-0.2, 0) is 6.54 Å². The second-order valence-electron chi connectivity index (χ2n) is 6.34. The Morgan fingerprint density at radius 1 is 1.43 bits per heavy atom. The smallest absolute Gasteiger partial charge is 0.191 e. The van der Waals surface area contributed by atoms with Gasteiger partial charge in [-0.3, -0.25) is 4.90 Å². The Morgan fingerprint density at radius 2 is 2.26 bits per heavy atom. The van der Waals surface area contributed by atoms with Gasteiger partial charge in [0.05, 0.1) is 6.54 Å². The Balaban J connectivity index is 0.00000264. The van der Waals surface area contributed by atoms with Gasteiger partial charge < -0.3 is 10.6 Å². The van der Waals surface area contributed by atoms with Crippen molar-refractivity contribution in [1.82, 2.24) is 15.5 Å². The summed E-state index contributed by atoms with van der Waals surface area (Å²) in [6.45, 7) is 11.8. The quantitative estimate of drug-likeness (QED) is 0.379. The molecule has 2 heterocycles. The monoisotopic (exact) mass is 450 g/mol. The largest absolute Gasteiger partial charge is 0.357 e. The van der Waals surface area contributed by atoms with Gasteiger partial charge >= 0.3 is 0 Å². The summed E-state index contributed by atoms with van der Waals surface area (Å²) in [5, 5.41) is 8.98. The van der Waals surface area contributed by atoms with Crippen molar-refractivity contribution in [3.63, 3.8) is 0 Å². The first kappa shape index (κ1) is 20.7. The van der Waals surface area contributed by atoms with Gasteiger partial charge in [-0.05, 0) is 43.7 Å². The van der Waals surface area contributed by atoms with Gasteiger partial charge in [-0.1, -0.05) is 19.9 Å². The minimum absolute atomic E-state index is 0. The lowest BCUT2D eigenvalue weighted by atomic mass is 10.1. The first-order valence-electron chi connectivity index (χ1n) is 8.47. The number of nitrogens with one attached hydrogen (secondary N) is 2. The molecule has 1 aliphatic rings. The zero-order valence-electron chi connectivity index (χ0n) is 14.5. The maximum absolute atomic E-state index is 4.69. The average Bonchev–Trinajstić information content (AvgIpc) is 3.13. The predicted octanol–water partition coefficient (Wildman–Crippen LogP) is 3.54. The summed E-state index contributed by atoms with van der Waals surface area (Å²) in [5.74, 6) is 1.67. The lowest BCUT2D eigenvalue weighted by Gasteiger charge is -2.27. The third-order valence-corrected chi connectivity index (χ3v) is 4.78. The molecule has 23 heavy (non-hydrogen) atoms. The van der Waals surface area contributed by atoms with Crippen LogP contribution < -0.4 is 10.6 Å². The topological polar surface area (TPSA) is 39.7 Å². The van der Waals surface area contributed by atoms with E-state index < -0.39 is 0 Å². The number of likely N-dealkylation sites (tertiary alicyclic amines) is 1. The Bertz CT molecular complexity index is 447. The van der Waals surface area contributed by atoms with E-state index in [1.165, 1.54) is 30.8 Å². The SMILES string of the molecule is CCNC(=NCc1cccs1)NC[C@H]1CCCN1CC(C)C.I. The van der Waals surface area contributed by atoms with E-state index in [9.17, 15) is 0 Å². The first-order valence-corrected chi connectivity index (χ1v) is 9.35. The molecule has 1 atom stereocenters. The first-order chi connectivity index (χ1) is 10.7. The number of thiophene rings is 1.